The van der Waals surface area contributed by atoms with Gasteiger partial charge in [0.25, 0.3) is 0 Å². The van der Waals surface area contributed by atoms with Crippen LogP contribution >= 0.6 is 15.9 Å². The van der Waals surface area contributed by atoms with Crippen molar-refractivity contribution in [1.82, 2.24) is 14.8 Å². The zero-order valence-electron chi connectivity index (χ0n) is 13.1. The third kappa shape index (κ3) is 2.83. The number of hydrogen-bond donors (Lipinski definition) is 0. The Morgan fingerprint density at radius 3 is 2.91 bits per heavy atom. The highest BCUT2D eigenvalue weighted by molar-refractivity contribution is 9.10. The summed E-state index contributed by atoms with van der Waals surface area (Å²) in [5, 5.41) is 4.75. The maximum atomic E-state index is 13.1. The maximum absolute atomic E-state index is 13.1. The second-order valence-corrected chi connectivity index (χ2v) is 7.84. The van der Waals surface area contributed by atoms with Gasteiger partial charge in [-0.15, -0.1) is 0 Å². The topological polar surface area (TPSA) is 39.9 Å². The molecular formula is C17H19BrFN3O. The van der Waals surface area contributed by atoms with Gasteiger partial charge in [0.05, 0.1) is 35.3 Å². The van der Waals surface area contributed by atoms with Crippen LogP contribution in [-0.4, -0.2) is 28.0 Å². The molecule has 4 rings (SSSR count). The van der Waals surface area contributed by atoms with Crippen molar-refractivity contribution >= 4 is 15.9 Å². The van der Waals surface area contributed by atoms with Crippen LogP contribution in [0.25, 0.3) is 11.4 Å². The van der Waals surface area contributed by atoms with Crippen LogP contribution < -0.4 is 0 Å². The summed E-state index contributed by atoms with van der Waals surface area (Å²) in [7, 11) is 0. The van der Waals surface area contributed by atoms with E-state index in [0.29, 0.717) is 11.6 Å². The Labute approximate surface area is 143 Å². The van der Waals surface area contributed by atoms with E-state index in [1.807, 2.05) is 0 Å². The molecule has 0 aromatic carbocycles. The van der Waals surface area contributed by atoms with Gasteiger partial charge in [0, 0.05) is 12.5 Å². The van der Waals surface area contributed by atoms with Crippen LogP contribution in [0.2, 0.25) is 0 Å². The van der Waals surface area contributed by atoms with E-state index in [1.54, 1.807) is 6.07 Å². The number of hydrogen-bond acceptors (Lipinski definition) is 3. The lowest BCUT2D eigenvalue weighted by Crippen LogP contribution is -2.38. The SMILES string of the molecule is CC1(CC2COC2)CCc2c(Br)c(-c3ccc(F)cn3)nn2C1. The van der Waals surface area contributed by atoms with Gasteiger partial charge in [-0.1, -0.05) is 6.92 Å². The second kappa shape index (κ2) is 5.67. The van der Waals surface area contributed by atoms with Crippen LogP contribution in [0.3, 0.4) is 0 Å². The third-order valence-electron chi connectivity index (χ3n) is 4.95. The number of fused-ring (bicyclic) bond motifs is 1. The summed E-state index contributed by atoms with van der Waals surface area (Å²) < 4.78 is 21.5. The smallest absolute Gasteiger partial charge is 0.141 e. The molecule has 23 heavy (non-hydrogen) atoms. The van der Waals surface area contributed by atoms with E-state index in [9.17, 15) is 4.39 Å². The second-order valence-electron chi connectivity index (χ2n) is 7.05. The number of aromatic nitrogens is 3. The largest absolute Gasteiger partial charge is 0.381 e. The number of rotatable bonds is 3. The molecule has 2 aliphatic heterocycles. The van der Waals surface area contributed by atoms with Crippen LogP contribution in [0.4, 0.5) is 4.39 Å². The Bertz CT molecular complexity index is 726. The number of nitrogens with zero attached hydrogens (tertiary/aromatic N) is 3. The van der Waals surface area contributed by atoms with E-state index in [4.69, 9.17) is 9.84 Å². The molecule has 0 amide bonds. The summed E-state index contributed by atoms with van der Waals surface area (Å²) in [5.41, 5.74) is 2.99. The van der Waals surface area contributed by atoms with Gasteiger partial charge in [-0.2, -0.15) is 5.10 Å². The van der Waals surface area contributed by atoms with Gasteiger partial charge >= 0.3 is 0 Å². The van der Waals surface area contributed by atoms with Crippen molar-refractivity contribution in [1.29, 1.82) is 0 Å². The van der Waals surface area contributed by atoms with E-state index in [1.165, 1.54) is 24.4 Å². The number of pyridine rings is 1. The van der Waals surface area contributed by atoms with E-state index in [0.717, 1.165) is 42.8 Å². The fourth-order valence-corrected chi connectivity index (χ4v) is 4.34. The quantitative estimate of drug-likeness (QED) is 0.813. The summed E-state index contributed by atoms with van der Waals surface area (Å²) in [4.78, 5) is 4.16. The number of halogens is 2. The van der Waals surface area contributed by atoms with Crippen molar-refractivity contribution in [3.05, 3.63) is 34.3 Å². The first kappa shape index (κ1) is 15.3. The first-order valence-electron chi connectivity index (χ1n) is 7.99. The van der Waals surface area contributed by atoms with Crippen LogP contribution in [0.5, 0.6) is 0 Å². The number of ether oxygens (including phenoxy) is 1. The van der Waals surface area contributed by atoms with E-state index >= 15 is 0 Å². The molecule has 1 atom stereocenters. The molecule has 1 unspecified atom stereocenters. The third-order valence-corrected chi connectivity index (χ3v) is 5.78. The monoisotopic (exact) mass is 379 g/mol. The lowest BCUT2D eigenvalue weighted by Gasteiger charge is -2.39. The molecular weight excluding hydrogens is 361 g/mol. The molecule has 1 saturated heterocycles. The molecule has 1 fully saturated rings. The zero-order valence-corrected chi connectivity index (χ0v) is 14.6. The molecule has 122 valence electrons. The first-order valence-corrected chi connectivity index (χ1v) is 8.78. The molecule has 0 N–H and O–H groups in total. The van der Waals surface area contributed by atoms with Crippen LogP contribution in [0, 0.1) is 17.2 Å². The minimum atomic E-state index is -0.330. The fraction of sp³-hybridized carbons (Fsp3) is 0.529. The van der Waals surface area contributed by atoms with E-state index < -0.39 is 0 Å². The van der Waals surface area contributed by atoms with E-state index in [-0.39, 0.29) is 11.2 Å². The van der Waals surface area contributed by atoms with Crippen LogP contribution in [0.15, 0.2) is 22.8 Å². The Morgan fingerprint density at radius 1 is 1.43 bits per heavy atom. The molecule has 2 aromatic heterocycles. The Balaban J connectivity index is 1.62. The van der Waals surface area contributed by atoms with Gasteiger partial charge in [-0.05, 0) is 52.7 Å². The summed E-state index contributed by atoms with van der Waals surface area (Å²) in [6, 6.07) is 3.10. The van der Waals surface area contributed by atoms with Gasteiger partial charge < -0.3 is 4.74 Å². The molecule has 2 aromatic rings. The highest BCUT2D eigenvalue weighted by Crippen LogP contribution is 2.42. The zero-order chi connectivity index (χ0) is 16.0. The molecule has 0 spiro atoms. The summed E-state index contributed by atoms with van der Waals surface area (Å²) >= 11 is 3.67. The highest BCUT2D eigenvalue weighted by atomic mass is 79.9. The van der Waals surface area contributed by atoms with Crippen LogP contribution in [-0.2, 0) is 17.7 Å². The summed E-state index contributed by atoms with van der Waals surface area (Å²) in [6.45, 7) is 5.06. The van der Waals surface area contributed by atoms with Crippen molar-refractivity contribution in [2.24, 2.45) is 11.3 Å². The van der Waals surface area contributed by atoms with Gasteiger partial charge in [0.15, 0.2) is 0 Å². The average Bonchev–Trinajstić information content (AvgIpc) is 2.80. The van der Waals surface area contributed by atoms with Crippen molar-refractivity contribution in [3.8, 4) is 11.4 Å². The Hall–Kier alpha value is -1.27. The molecule has 2 aliphatic rings. The summed E-state index contributed by atoms with van der Waals surface area (Å²) in [6.07, 6.45) is 4.58. The molecule has 6 heteroatoms. The predicted octanol–water partition coefficient (Wildman–Crippen LogP) is 3.84. The molecule has 0 radical (unpaired) electrons. The normalized spacial score (nSPS) is 24.3. The van der Waals surface area contributed by atoms with Crippen molar-refractivity contribution in [2.75, 3.05) is 13.2 Å². The average molecular weight is 380 g/mol. The van der Waals surface area contributed by atoms with Gasteiger partial charge in [-0.3, -0.25) is 9.67 Å². The van der Waals surface area contributed by atoms with Crippen LogP contribution in [0.1, 0.15) is 25.5 Å². The van der Waals surface area contributed by atoms with Gasteiger partial charge in [0.1, 0.15) is 11.5 Å². The Morgan fingerprint density at radius 2 is 2.26 bits per heavy atom. The Kier molecular flexibility index (Phi) is 3.76. The van der Waals surface area contributed by atoms with Gasteiger partial charge in [-0.25, -0.2) is 4.39 Å². The highest BCUT2D eigenvalue weighted by Gasteiger charge is 2.36. The van der Waals surface area contributed by atoms with Crippen molar-refractivity contribution in [3.63, 3.8) is 0 Å². The molecule has 0 bridgehead atoms. The predicted molar refractivity (Wildman–Crippen MR) is 88.5 cm³/mol. The van der Waals surface area contributed by atoms with E-state index in [2.05, 4.69) is 32.5 Å². The standard InChI is InChI=1S/C17H19BrFN3O/c1-17(6-11-8-23-9-11)5-4-14-15(18)16(21-22(14)10-17)13-3-2-12(19)7-20-13/h2-3,7,11H,4-6,8-10H2,1H3. The lowest BCUT2D eigenvalue weighted by atomic mass is 9.75. The lowest BCUT2D eigenvalue weighted by molar-refractivity contribution is -0.0574. The summed E-state index contributed by atoms with van der Waals surface area (Å²) in [5.74, 6) is 0.364. The minimum Gasteiger partial charge on any atom is -0.381 e. The molecule has 0 aliphatic carbocycles. The molecule has 4 nitrogen and oxygen atoms in total. The van der Waals surface area contributed by atoms with Gasteiger partial charge in [0.2, 0.25) is 0 Å². The molecule has 4 heterocycles. The maximum Gasteiger partial charge on any atom is 0.141 e. The van der Waals surface area contributed by atoms with Crippen molar-refractivity contribution in [2.45, 2.75) is 32.7 Å². The van der Waals surface area contributed by atoms with Crippen molar-refractivity contribution < 1.29 is 9.13 Å². The minimum absolute atomic E-state index is 0.264. The fourth-order valence-electron chi connectivity index (χ4n) is 3.65. The first-order chi connectivity index (χ1) is 11.0. The molecule has 0 saturated carbocycles.